The maximum atomic E-state index is 2.68. The van der Waals surface area contributed by atoms with Crippen LogP contribution in [0.25, 0.3) is 5.57 Å². The van der Waals surface area contributed by atoms with E-state index < -0.39 is 24.2 Å². The second-order valence-electron chi connectivity index (χ2n) is 8.90. The van der Waals surface area contributed by atoms with Crippen LogP contribution in [-0.4, -0.2) is 24.2 Å². The van der Waals surface area contributed by atoms with E-state index >= 15 is 0 Å². The number of benzene rings is 1. The maximum Gasteiger partial charge on any atom is 0.0955 e. The summed E-state index contributed by atoms with van der Waals surface area (Å²) in [6.45, 7) is 20.3. The first-order valence-electron chi connectivity index (χ1n) is 7.99. The van der Waals surface area contributed by atoms with E-state index in [1.54, 1.807) is 10.8 Å². The van der Waals surface area contributed by atoms with Gasteiger partial charge < -0.3 is 0 Å². The van der Waals surface area contributed by atoms with Gasteiger partial charge in [-0.1, -0.05) is 98.4 Å². The van der Waals surface area contributed by atoms with Crippen LogP contribution in [0.1, 0.15) is 5.56 Å². The van der Waals surface area contributed by atoms with Crippen molar-refractivity contribution in [3.05, 3.63) is 51.6 Å². The van der Waals surface area contributed by atoms with Gasteiger partial charge in [0.15, 0.2) is 0 Å². The molecular formula is C18H30Si3. The van der Waals surface area contributed by atoms with Crippen LogP contribution in [0, 0.1) is 0 Å². The molecule has 0 N–H and O–H groups in total. The van der Waals surface area contributed by atoms with Crippen molar-refractivity contribution in [3.63, 3.8) is 0 Å². The average Bonchev–Trinajstić information content (AvgIpc) is 2.61. The summed E-state index contributed by atoms with van der Waals surface area (Å²) in [5.41, 5.74) is 5.70. The van der Waals surface area contributed by atoms with Gasteiger partial charge in [0.05, 0.1) is 24.2 Å². The number of rotatable bonds is 3. The van der Waals surface area contributed by atoms with Gasteiger partial charge in [-0.2, -0.15) is 0 Å². The monoisotopic (exact) mass is 330 g/mol. The molecule has 21 heavy (non-hydrogen) atoms. The molecule has 2 rings (SSSR count). The summed E-state index contributed by atoms with van der Waals surface area (Å²) in [6, 6.07) is 11.1. The zero-order valence-corrected chi connectivity index (χ0v) is 18.0. The van der Waals surface area contributed by atoms with Gasteiger partial charge in [0.1, 0.15) is 0 Å². The molecule has 1 aliphatic rings. The molecule has 1 aromatic carbocycles. The molecule has 0 aliphatic carbocycles. The number of hydrogen-bond acceptors (Lipinski definition) is 0. The van der Waals surface area contributed by atoms with Crippen molar-refractivity contribution in [1.29, 1.82) is 0 Å². The van der Waals surface area contributed by atoms with Crippen LogP contribution >= 0.6 is 0 Å². The molecule has 0 atom stereocenters. The van der Waals surface area contributed by atoms with Crippen molar-refractivity contribution in [2.75, 3.05) is 0 Å². The summed E-state index contributed by atoms with van der Waals surface area (Å²) in [5, 5.41) is 1.80. The highest BCUT2D eigenvalue weighted by atomic mass is 28.4. The lowest BCUT2D eigenvalue weighted by Gasteiger charge is -2.34. The lowest BCUT2D eigenvalue weighted by molar-refractivity contribution is 1.57. The molecule has 0 unspecified atom stereocenters. The summed E-state index contributed by atoms with van der Waals surface area (Å²) in [4.78, 5) is 1.92. The summed E-state index contributed by atoms with van der Waals surface area (Å²) in [6.07, 6.45) is 0. The van der Waals surface area contributed by atoms with E-state index in [9.17, 15) is 0 Å². The zero-order chi connectivity index (χ0) is 16.1. The van der Waals surface area contributed by atoms with Crippen LogP contribution in [0.4, 0.5) is 0 Å². The Morgan fingerprint density at radius 1 is 0.762 bits per heavy atom. The van der Waals surface area contributed by atoms with E-state index in [0.717, 1.165) is 0 Å². The highest BCUT2D eigenvalue weighted by Gasteiger charge is 2.44. The van der Waals surface area contributed by atoms with Gasteiger partial charge in [0.25, 0.3) is 0 Å². The molecular weight excluding hydrogens is 300 g/mol. The Bertz CT molecular complexity index is 594. The summed E-state index contributed by atoms with van der Waals surface area (Å²) >= 11 is 0. The first kappa shape index (κ1) is 16.7. The van der Waals surface area contributed by atoms with Crippen LogP contribution in [-0.2, 0) is 0 Å². The van der Waals surface area contributed by atoms with Gasteiger partial charge in [-0.25, -0.2) is 0 Å². The summed E-state index contributed by atoms with van der Waals surface area (Å²) in [5.74, 6) is 0. The smallest absolute Gasteiger partial charge is 0.0871 e. The third-order valence-electron chi connectivity index (χ3n) is 4.25. The third-order valence-corrected chi connectivity index (χ3v) is 15.3. The van der Waals surface area contributed by atoms with Crippen LogP contribution in [0.2, 0.25) is 52.4 Å². The van der Waals surface area contributed by atoms with Gasteiger partial charge >= 0.3 is 0 Å². The predicted molar refractivity (Wildman–Crippen MR) is 106 cm³/mol. The second kappa shape index (κ2) is 5.21. The Morgan fingerprint density at radius 3 is 1.71 bits per heavy atom. The van der Waals surface area contributed by atoms with Gasteiger partial charge in [-0.05, 0) is 11.1 Å². The van der Waals surface area contributed by atoms with Crippen LogP contribution in [0.15, 0.2) is 46.0 Å². The van der Waals surface area contributed by atoms with Crippen LogP contribution < -0.4 is 0 Å². The fraction of sp³-hybridized carbons (Fsp3) is 0.444. The minimum atomic E-state index is -1.41. The quantitative estimate of drug-likeness (QED) is 0.603. The van der Waals surface area contributed by atoms with Crippen molar-refractivity contribution < 1.29 is 0 Å². The van der Waals surface area contributed by atoms with Gasteiger partial charge in [0.2, 0.25) is 0 Å². The first-order valence-corrected chi connectivity index (χ1v) is 18.1. The molecule has 0 fully saturated rings. The fourth-order valence-corrected chi connectivity index (χ4v) is 21.0. The lowest BCUT2D eigenvalue weighted by atomic mass is 10.1. The second-order valence-corrected chi connectivity index (χ2v) is 23.6. The predicted octanol–water partition coefficient (Wildman–Crippen LogP) is 5.92. The highest BCUT2D eigenvalue weighted by Crippen LogP contribution is 2.46. The third kappa shape index (κ3) is 3.25. The Labute approximate surface area is 134 Å². The summed E-state index contributed by atoms with van der Waals surface area (Å²) in [7, 11) is -4.04. The fourth-order valence-electron chi connectivity index (χ4n) is 3.93. The Morgan fingerprint density at radius 2 is 1.29 bits per heavy atom. The molecule has 1 heterocycles. The Kier molecular flexibility index (Phi) is 4.15. The molecule has 0 radical (unpaired) electrons. The Hall–Kier alpha value is -0.649. The number of hydrogen-bond donors (Lipinski definition) is 0. The minimum absolute atomic E-state index is 1.28. The van der Waals surface area contributed by atoms with E-state index in [1.165, 1.54) is 5.56 Å². The minimum Gasteiger partial charge on any atom is -0.0871 e. The van der Waals surface area contributed by atoms with Crippen LogP contribution in [0.3, 0.4) is 0 Å². The topological polar surface area (TPSA) is 0 Å². The largest absolute Gasteiger partial charge is 0.0955 e. The van der Waals surface area contributed by atoms with Gasteiger partial charge in [-0.15, -0.1) is 0 Å². The standard InChI is InChI=1S/C18H30Si3/c1-19(2,3)17-16(15-12-10-9-11-13-15)14-21(7,8)18(17)20(4,5)6/h9-14H,1-8H3. The van der Waals surface area contributed by atoms with E-state index in [1.807, 2.05) is 4.82 Å². The van der Waals surface area contributed by atoms with Crippen molar-refractivity contribution >= 4 is 29.8 Å². The SMILES string of the molecule is C[Si](C)(C)C1=C([Si](C)(C)C)[Si](C)(C)C=C1c1ccccc1. The molecule has 0 saturated carbocycles. The van der Waals surface area contributed by atoms with Gasteiger partial charge in [0, 0.05) is 0 Å². The molecule has 0 nitrogen and oxygen atoms in total. The number of allylic oxidation sites excluding steroid dienone is 2. The molecule has 1 aromatic rings. The van der Waals surface area contributed by atoms with E-state index in [2.05, 4.69) is 88.4 Å². The van der Waals surface area contributed by atoms with Crippen molar-refractivity contribution in [2.45, 2.75) is 52.4 Å². The molecule has 0 amide bonds. The molecule has 114 valence electrons. The van der Waals surface area contributed by atoms with E-state index in [4.69, 9.17) is 0 Å². The first-order chi connectivity index (χ1) is 9.44. The normalized spacial score (nSPS) is 19.0. The van der Waals surface area contributed by atoms with Crippen LogP contribution in [0.5, 0.6) is 0 Å². The van der Waals surface area contributed by atoms with Gasteiger partial charge in [-0.3, -0.25) is 0 Å². The molecule has 3 heteroatoms. The van der Waals surface area contributed by atoms with Crippen molar-refractivity contribution in [2.24, 2.45) is 0 Å². The molecule has 0 bridgehead atoms. The molecule has 1 aliphatic heterocycles. The molecule has 0 spiro atoms. The maximum absolute atomic E-state index is 2.68. The van der Waals surface area contributed by atoms with Crippen molar-refractivity contribution in [3.8, 4) is 0 Å². The van der Waals surface area contributed by atoms with E-state index in [0.29, 0.717) is 0 Å². The lowest BCUT2D eigenvalue weighted by Crippen LogP contribution is -2.42. The zero-order valence-electron chi connectivity index (χ0n) is 15.0. The molecule has 0 aromatic heterocycles. The van der Waals surface area contributed by atoms with Crippen molar-refractivity contribution in [1.82, 2.24) is 0 Å². The Balaban J connectivity index is 2.75. The average molecular weight is 331 g/mol. The molecule has 0 saturated heterocycles. The van der Waals surface area contributed by atoms with E-state index in [-0.39, 0.29) is 0 Å². The highest BCUT2D eigenvalue weighted by molar-refractivity contribution is 7.11. The summed E-state index contributed by atoms with van der Waals surface area (Å²) < 4.78 is 0.